The fraction of sp³-hybridized carbons (Fsp3) is 0.111. The van der Waals surface area contributed by atoms with E-state index >= 15 is 0 Å². The second-order valence-corrected chi connectivity index (χ2v) is 5.68. The molecule has 0 saturated heterocycles. The van der Waals surface area contributed by atoms with Crippen LogP contribution in [0.15, 0.2) is 53.3 Å². The van der Waals surface area contributed by atoms with Gasteiger partial charge < -0.3 is 10.2 Å². The van der Waals surface area contributed by atoms with Crippen molar-refractivity contribution in [3.05, 3.63) is 70.1 Å². The van der Waals surface area contributed by atoms with Gasteiger partial charge in [0.2, 0.25) is 0 Å². The van der Waals surface area contributed by atoms with E-state index in [2.05, 4.69) is 15.5 Å². The van der Waals surface area contributed by atoms with E-state index in [4.69, 9.17) is 0 Å². The summed E-state index contributed by atoms with van der Waals surface area (Å²) < 4.78 is 0. The molecule has 2 N–H and O–H groups in total. The van der Waals surface area contributed by atoms with Gasteiger partial charge in [-0.2, -0.15) is 5.10 Å². The third kappa shape index (κ3) is 3.25. The summed E-state index contributed by atoms with van der Waals surface area (Å²) in [5.74, 6) is -0.634. The zero-order valence-electron chi connectivity index (χ0n) is 13.7. The molecule has 0 bridgehead atoms. The van der Waals surface area contributed by atoms with Gasteiger partial charge in [-0.1, -0.05) is 24.3 Å². The first-order valence-electron chi connectivity index (χ1n) is 7.58. The standard InChI is InChI=1S/C18H16N4O3/c1-22(2)18(25)11-6-5-7-12(10-11)19-17(24)15-13-8-3-4-9-14(13)16(23)21-20-15/h3-10H,1-2H3,(H,19,24)(H,21,23). The van der Waals surface area contributed by atoms with Gasteiger partial charge in [-0.15, -0.1) is 0 Å². The second kappa shape index (κ2) is 6.56. The molecule has 0 radical (unpaired) electrons. The first-order valence-corrected chi connectivity index (χ1v) is 7.58. The van der Waals surface area contributed by atoms with Crippen molar-refractivity contribution in [1.29, 1.82) is 0 Å². The number of nitrogens with zero attached hydrogens (tertiary/aromatic N) is 2. The normalized spacial score (nSPS) is 10.5. The molecule has 0 saturated carbocycles. The zero-order valence-corrected chi connectivity index (χ0v) is 13.7. The predicted molar refractivity (Wildman–Crippen MR) is 94.8 cm³/mol. The number of fused-ring (bicyclic) bond motifs is 1. The molecule has 126 valence electrons. The number of carbonyl (C=O) groups excluding carboxylic acids is 2. The lowest BCUT2D eigenvalue weighted by Gasteiger charge is -2.12. The smallest absolute Gasteiger partial charge is 0.276 e. The number of H-pyrrole nitrogens is 1. The molecule has 0 atom stereocenters. The van der Waals surface area contributed by atoms with Crippen LogP contribution in [0.1, 0.15) is 20.8 Å². The molecule has 0 unspecified atom stereocenters. The second-order valence-electron chi connectivity index (χ2n) is 5.68. The number of hydrogen-bond donors (Lipinski definition) is 2. The minimum absolute atomic E-state index is 0.111. The van der Waals surface area contributed by atoms with Gasteiger partial charge in [-0.3, -0.25) is 14.4 Å². The Hall–Kier alpha value is -3.48. The lowest BCUT2D eigenvalue weighted by atomic mass is 10.1. The average molecular weight is 336 g/mol. The van der Waals surface area contributed by atoms with E-state index in [0.717, 1.165) is 0 Å². The monoisotopic (exact) mass is 336 g/mol. The largest absolute Gasteiger partial charge is 0.345 e. The molecular weight excluding hydrogens is 320 g/mol. The number of nitrogens with one attached hydrogen (secondary N) is 2. The molecule has 2 amide bonds. The topological polar surface area (TPSA) is 95.2 Å². The summed E-state index contributed by atoms with van der Waals surface area (Å²) >= 11 is 0. The Morgan fingerprint density at radius 1 is 1.04 bits per heavy atom. The number of anilines is 1. The van der Waals surface area contributed by atoms with Crippen LogP contribution in [0.5, 0.6) is 0 Å². The van der Waals surface area contributed by atoms with Crippen LogP contribution in [-0.4, -0.2) is 41.0 Å². The summed E-state index contributed by atoms with van der Waals surface area (Å²) in [6.07, 6.45) is 0. The lowest BCUT2D eigenvalue weighted by molar-refractivity contribution is 0.0827. The molecular formula is C18H16N4O3. The number of carbonyl (C=O) groups is 2. The van der Waals surface area contributed by atoms with E-state index < -0.39 is 5.91 Å². The maximum Gasteiger partial charge on any atom is 0.276 e. The summed E-state index contributed by atoms with van der Waals surface area (Å²) in [6.45, 7) is 0. The summed E-state index contributed by atoms with van der Waals surface area (Å²) in [5.41, 5.74) is 0.683. The van der Waals surface area contributed by atoms with E-state index in [1.807, 2.05) is 0 Å². The van der Waals surface area contributed by atoms with Crippen LogP contribution >= 0.6 is 0 Å². The highest BCUT2D eigenvalue weighted by Crippen LogP contribution is 2.16. The van der Waals surface area contributed by atoms with Gasteiger partial charge in [0.05, 0.1) is 5.39 Å². The molecule has 7 heteroatoms. The Morgan fingerprint density at radius 3 is 2.48 bits per heavy atom. The predicted octanol–water partition coefficient (Wildman–Crippen LogP) is 1.88. The highest BCUT2D eigenvalue weighted by Gasteiger charge is 2.15. The number of aromatic nitrogens is 2. The highest BCUT2D eigenvalue weighted by atomic mass is 16.2. The third-order valence-corrected chi connectivity index (χ3v) is 3.68. The molecule has 25 heavy (non-hydrogen) atoms. The number of aromatic amines is 1. The Morgan fingerprint density at radius 2 is 1.76 bits per heavy atom. The number of benzene rings is 2. The Balaban J connectivity index is 1.94. The summed E-state index contributed by atoms with van der Waals surface area (Å²) in [7, 11) is 3.31. The molecule has 0 aliphatic rings. The van der Waals surface area contributed by atoms with Crippen molar-refractivity contribution in [2.24, 2.45) is 0 Å². The minimum Gasteiger partial charge on any atom is -0.345 e. The first kappa shape index (κ1) is 16.4. The van der Waals surface area contributed by atoms with Gasteiger partial charge in [0, 0.05) is 30.7 Å². The van der Waals surface area contributed by atoms with Gasteiger partial charge in [-0.25, -0.2) is 5.10 Å². The molecule has 2 aromatic carbocycles. The molecule has 3 rings (SSSR count). The number of amides is 2. The van der Waals surface area contributed by atoms with Crippen molar-refractivity contribution in [2.45, 2.75) is 0 Å². The van der Waals surface area contributed by atoms with E-state index in [-0.39, 0.29) is 17.2 Å². The SMILES string of the molecule is CN(C)C(=O)c1cccc(NC(=O)c2n[nH]c(=O)c3ccccc23)c1. The van der Waals surface area contributed by atoms with E-state index in [0.29, 0.717) is 22.0 Å². The average Bonchev–Trinajstić information content (AvgIpc) is 2.61. The molecule has 0 fully saturated rings. The van der Waals surface area contributed by atoms with Crippen molar-refractivity contribution in [3.63, 3.8) is 0 Å². The van der Waals surface area contributed by atoms with E-state index in [1.165, 1.54) is 4.90 Å². The molecule has 0 aliphatic heterocycles. The lowest BCUT2D eigenvalue weighted by Crippen LogP contribution is -2.22. The Labute approximate surface area is 143 Å². The van der Waals surface area contributed by atoms with Crippen LogP contribution in [-0.2, 0) is 0 Å². The van der Waals surface area contributed by atoms with Gasteiger partial charge >= 0.3 is 0 Å². The van der Waals surface area contributed by atoms with Gasteiger partial charge in [0.1, 0.15) is 0 Å². The van der Waals surface area contributed by atoms with Gasteiger partial charge in [-0.05, 0) is 24.3 Å². The van der Waals surface area contributed by atoms with Crippen LogP contribution in [0, 0.1) is 0 Å². The molecule has 1 aromatic heterocycles. The van der Waals surface area contributed by atoms with Crippen molar-refractivity contribution >= 4 is 28.3 Å². The highest BCUT2D eigenvalue weighted by molar-refractivity contribution is 6.11. The van der Waals surface area contributed by atoms with Crippen LogP contribution in [0.4, 0.5) is 5.69 Å². The van der Waals surface area contributed by atoms with Crippen LogP contribution in [0.25, 0.3) is 10.8 Å². The Kier molecular flexibility index (Phi) is 4.30. The van der Waals surface area contributed by atoms with Crippen LogP contribution in [0.2, 0.25) is 0 Å². The van der Waals surface area contributed by atoms with E-state index in [1.54, 1.807) is 62.6 Å². The van der Waals surface area contributed by atoms with Gasteiger partial charge in [0.25, 0.3) is 17.4 Å². The zero-order chi connectivity index (χ0) is 18.0. The molecule has 3 aromatic rings. The quantitative estimate of drug-likeness (QED) is 0.763. The Bertz CT molecular complexity index is 1020. The van der Waals surface area contributed by atoms with Gasteiger partial charge in [0.15, 0.2) is 5.69 Å². The summed E-state index contributed by atoms with van der Waals surface area (Å²) in [6, 6.07) is 13.4. The van der Waals surface area contributed by atoms with Crippen molar-refractivity contribution in [3.8, 4) is 0 Å². The number of rotatable bonds is 3. The molecule has 1 heterocycles. The fourth-order valence-corrected chi connectivity index (χ4v) is 2.47. The fourth-order valence-electron chi connectivity index (χ4n) is 2.47. The third-order valence-electron chi connectivity index (χ3n) is 3.68. The van der Waals surface area contributed by atoms with Crippen LogP contribution < -0.4 is 10.9 Å². The first-order chi connectivity index (χ1) is 12.0. The van der Waals surface area contributed by atoms with E-state index in [9.17, 15) is 14.4 Å². The summed E-state index contributed by atoms with van der Waals surface area (Å²) in [5, 5.41) is 9.75. The van der Waals surface area contributed by atoms with Crippen molar-refractivity contribution in [1.82, 2.24) is 15.1 Å². The molecule has 0 aliphatic carbocycles. The summed E-state index contributed by atoms with van der Waals surface area (Å²) in [4.78, 5) is 37.8. The maximum atomic E-state index is 12.6. The minimum atomic E-state index is -0.470. The maximum absolute atomic E-state index is 12.6. The molecule has 0 spiro atoms. The molecule has 7 nitrogen and oxygen atoms in total. The number of hydrogen-bond acceptors (Lipinski definition) is 4. The van der Waals surface area contributed by atoms with Crippen molar-refractivity contribution < 1.29 is 9.59 Å². The van der Waals surface area contributed by atoms with Crippen LogP contribution in [0.3, 0.4) is 0 Å². The van der Waals surface area contributed by atoms with Crippen molar-refractivity contribution in [2.75, 3.05) is 19.4 Å².